The van der Waals surface area contributed by atoms with E-state index in [1.807, 2.05) is 0 Å². The number of ether oxygens (including phenoxy) is 4. The van der Waals surface area contributed by atoms with Gasteiger partial charge in [-0.25, -0.2) is 4.39 Å². The van der Waals surface area contributed by atoms with Crippen molar-refractivity contribution in [2.45, 2.75) is 85.2 Å². The van der Waals surface area contributed by atoms with E-state index in [4.69, 9.17) is 0 Å². The number of hydrogen-bond acceptors (Lipinski definition) is 4. The van der Waals surface area contributed by atoms with Crippen LogP contribution in [0.5, 0.6) is 0 Å². The van der Waals surface area contributed by atoms with Gasteiger partial charge in [-0.15, -0.1) is 0 Å². The number of rotatable bonds is 12. The third-order valence-electron chi connectivity index (χ3n) is 4.25. The van der Waals surface area contributed by atoms with Gasteiger partial charge in [0.15, 0.2) is 0 Å². The van der Waals surface area contributed by atoms with Crippen molar-refractivity contribution >= 4 is 0 Å². The molecule has 284 valence electrons. The minimum absolute atomic E-state index is 0.844. The molecular weight excluding hydrogens is 783 g/mol. The van der Waals surface area contributed by atoms with Crippen molar-refractivity contribution in [2.24, 2.45) is 0 Å². The molecule has 33 heteroatoms. The van der Waals surface area contributed by atoms with Crippen molar-refractivity contribution < 1.29 is 146 Å². The van der Waals surface area contributed by atoms with Gasteiger partial charge in [-0.1, -0.05) is 0 Å². The van der Waals surface area contributed by atoms with E-state index in [2.05, 4.69) is 0 Å². The van der Waals surface area contributed by atoms with Crippen molar-refractivity contribution in [1.29, 1.82) is 0 Å². The third-order valence-corrected chi connectivity index (χ3v) is 4.25. The first-order chi connectivity index (χ1) is 19.7. The summed E-state index contributed by atoms with van der Waals surface area (Å²) in [4.78, 5) is 0. The maximum Gasteiger partial charge on any atom is 0.462 e. The summed E-state index contributed by atoms with van der Waals surface area (Å²) in [6, 6.07) is 0. The van der Waals surface area contributed by atoms with Crippen LogP contribution in [0.15, 0.2) is 0 Å². The van der Waals surface area contributed by atoms with Crippen LogP contribution in [0.3, 0.4) is 0 Å². The molecule has 0 bridgehead atoms. The molecule has 0 aliphatic carbocycles. The SMILES string of the molecule is F[C@H](OC(F)(F)[C@@](F)(OC(F)(F)[C@@](F)(OC(F)(F)[C@@](F)(OC(F)(F)C(F)(F)C(F)(F)F)C(F)(F)F)C(F)(F)F)C(F)(F)F)C(F)(F)F. The lowest BCUT2D eigenvalue weighted by Crippen LogP contribution is -2.71. The Balaban J connectivity index is 7.48. The van der Waals surface area contributed by atoms with Gasteiger partial charge in [0.2, 0.25) is 0 Å². The third kappa shape index (κ3) is 7.84. The van der Waals surface area contributed by atoms with E-state index in [0.29, 0.717) is 0 Å². The van der Waals surface area contributed by atoms with Gasteiger partial charge in [0.1, 0.15) is 0 Å². The van der Waals surface area contributed by atoms with E-state index >= 15 is 0 Å². The standard InChI is InChI=1S/C14HF29O4/c15-1(2(16,17)18)44-12(38,39)4(21,8(27,28)29)46-14(42,43)6(23,10(33,34)35)47-13(40,41)5(22,9(30,31)32)45-11(36,37)3(19,20)7(24,25)26/h1H/t1-,4+,5+,6+/m1/s1. The zero-order valence-electron chi connectivity index (χ0n) is 19.7. The van der Waals surface area contributed by atoms with Crippen LogP contribution < -0.4 is 0 Å². The van der Waals surface area contributed by atoms with E-state index in [-0.39, 0.29) is 0 Å². The molecule has 4 nitrogen and oxygen atoms in total. The lowest BCUT2D eigenvalue weighted by atomic mass is 10.2. The summed E-state index contributed by atoms with van der Waals surface area (Å²) in [7, 11) is 0. The van der Waals surface area contributed by atoms with Crippen LogP contribution >= 0.6 is 0 Å². The molecule has 0 aliphatic heterocycles. The Morgan fingerprint density at radius 1 is 0.298 bits per heavy atom. The lowest BCUT2D eigenvalue weighted by Gasteiger charge is -2.43. The molecule has 0 rings (SSSR count). The topological polar surface area (TPSA) is 36.9 Å². The highest BCUT2D eigenvalue weighted by Gasteiger charge is 2.89. The van der Waals surface area contributed by atoms with E-state index < -0.39 is 85.2 Å². The van der Waals surface area contributed by atoms with Crippen LogP contribution in [0.25, 0.3) is 0 Å². The van der Waals surface area contributed by atoms with E-state index in [0.717, 1.165) is 14.2 Å². The van der Waals surface area contributed by atoms with Gasteiger partial charge in [0, 0.05) is 0 Å². The first kappa shape index (κ1) is 44.8. The normalized spacial score (nSPS) is 20.4. The molecule has 0 saturated heterocycles. The molecule has 0 aromatic carbocycles. The van der Waals surface area contributed by atoms with Gasteiger partial charge in [0.25, 0.3) is 6.36 Å². The maximum atomic E-state index is 14.2. The van der Waals surface area contributed by atoms with Crippen LogP contribution in [-0.4, -0.2) is 85.2 Å². The van der Waals surface area contributed by atoms with Gasteiger partial charge in [-0.05, 0) is 0 Å². The molecule has 0 saturated carbocycles. The molecule has 0 fully saturated rings. The number of hydrogen-bond donors (Lipinski definition) is 0. The summed E-state index contributed by atoms with van der Waals surface area (Å²) in [6.07, 6.45) is -81.9. The van der Waals surface area contributed by atoms with Gasteiger partial charge >= 0.3 is 78.8 Å². The largest absolute Gasteiger partial charge is 0.462 e. The minimum atomic E-state index is -9.13. The van der Waals surface area contributed by atoms with Crippen molar-refractivity contribution in [2.75, 3.05) is 0 Å². The highest BCUT2D eigenvalue weighted by Crippen LogP contribution is 2.60. The second-order valence-corrected chi connectivity index (χ2v) is 7.70. The van der Waals surface area contributed by atoms with E-state index in [9.17, 15) is 127 Å². The zero-order valence-corrected chi connectivity index (χ0v) is 19.7. The van der Waals surface area contributed by atoms with Crippen molar-refractivity contribution in [3.8, 4) is 0 Å². The van der Waals surface area contributed by atoms with Gasteiger partial charge in [0.05, 0.1) is 0 Å². The molecular formula is C14HF29O4. The highest BCUT2D eigenvalue weighted by molar-refractivity contribution is 4.98. The Kier molecular flexibility index (Phi) is 11.2. The van der Waals surface area contributed by atoms with Crippen LogP contribution in [0.2, 0.25) is 0 Å². The molecule has 4 atom stereocenters. The van der Waals surface area contributed by atoms with Crippen LogP contribution in [0, 0.1) is 0 Å². The Morgan fingerprint density at radius 3 is 0.745 bits per heavy atom. The second-order valence-electron chi connectivity index (χ2n) is 7.70. The van der Waals surface area contributed by atoms with Crippen LogP contribution in [0.4, 0.5) is 127 Å². The average Bonchev–Trinajstić information content (AvgIpc) is 2.73. The molecule has 0 heterocycles. The fourth-order valence-electron chi connectivity index (χ4n) is 2.01. The molecule has 0 unspecified atom stereocenters. The number of alkyl halides is 29. The summed E-state index contributed by atoms with van der Waals surface area (Å²) in [5.41, 5.74) is 0. The number of halogens is 29. The highest BCUT2D eigenvalue weighted by atomic mass is 19.4. The predicted molar refractivity (Wildman–Crippen MR) is 75.8 cm³/mol. The Morgan fingerprint density at radius 2 is 0.532 bits per heavy atom. The molecule has 0 N–H and O–H groups in total. The quantitative estimate of drug-likeness (QED) is 0.185. The van der Waals surface area contributed by atoms with Crippen LogP contribution in [-0.2, 0) is 18.9 Å². The van der Waals surface area contributed by atoms with Crippen LogP contribution in [0.1, 0.15) is 0 Å². The van der Waals surface area contributed by atoms with Gasteiger partial charge in [-0.3, -0.25) is 18.9 Å². The van der Waals surface area contributed by atoms with Gasteiger partial charge in [-0.2, -0.15) is 123 Å². The molecule has 0 radical (unpaired) electrons. The first-order valence-electron chi connectivity index (χ1n) is 9.46. The summed E-state index contributed by atoms with van der Waals surface area (Å²) in [5.74, 6) is -35.1. The Labute approximate surface area is 233 Å². The predicted octanol–water partition coefficient (Wildman–Crippen LogP) is 9.16. The molecule has 0 amide bonds. The molecule has 47 heavy (non-hydrogen) atoms. The maximum absolute atomic E-state index is 14.2. The average molecular weight is 784 g/mol. The zero-order chi connectivity index (χ0) is 38.9. The smallest absolute Gasteiger partial charge is 0.272 e. The Hall–Kier alpha value is -2.19. The summed E-state index contributed by atoms with van der Waals surface area (Å²) >= 11 is 0. The first-order valence-corrected chi connectivity index (χ1v) is 9.46. The molecule has 0 spiro atoms. The second kappa shape index (κ2) is 11.7. The van der Waals surface area contributed by atoms with Crippen molar-refractivity contribution in [3.05, 3.63) is 0 Å². The summed E-state index contributed by atoms with van der Waals surface area (Å²) in [5, 5.41) is 0. The summed E-state index contributed by atoms with van der Waals surface area (Å²) in [6.45, 7) is 0. The van der Waals surface area contributed by atoms with E-state index in [1.54, 1.807) is 0 Å². The lowest BCUT2D eigenvalue weighted by molar-refractivity contribution is -0.590. The Bertz CT molecular complexity index is 1080. The molecule has 0 aliphatic rings. The van der Waals surface area contributed by atoms with Crippen molar-refractivity contribution in [3.63, 3.8) is 0 Å². The monoisotopic (exact) mass is 784 g/mol. The van der Waals surface area contributed by atoms with E-state index in [1.165, 1.54) is 4.74 Å². The fourth-order valence-corrected chi connectivity index (χ4v) is 2.01. The molecule has 0 aromatic heterocycles. The summed E-state index contributed by atoms with van der Waals surface area (Å²) < 4.78 is 381. The fraction of sp³-hybridized carbons (Fsp3) is 1.00. The molecule has 0 aromatic rings. The van der Waals surface area contributed by atoms with Crippen molar-refractivity contribution in [1.82, 2.24) is 0 Å². The minimum Gasteiger partial charge on any atom is -0.272 e. The van der Waals surface area contributed by atoms with Gasteiger partial charge < -0.3 is 0 Å².